The third-order valence-electron chi connectivity index (χ3n) is 1.86. The van der Waals surface area contributed by atoms with E-state index in [0.717, 1.165) is 31.7 Å². The van der Waals surface area contributed by atoms with Gasteiger partial charge in [0.1, 0.15) is 0 Å². The number of hydrogen-bond donors (Lipinski definition) is 1. The van der Waals surface area contributed by atoms with Gasteiger partial charge in [0.25, 0.3) is 0 Å². The summed E-state index contributed by atoms with van der Waals surface area (Å²) in [4.78, 5) is 3.91. The maximum Gasteiger partial charge on any atom is 0.0820 e. The van der Waals surface area contributed by atoms with Crippen LogP contribution in [0.3, 0.4) is 0 Å². The van der Waals surface area contributed by atoms with Crippen LogP contribution in [0.2, 0.25) is 5.02 Å². The second-order valence-electron chi connectivity index (χ2n) is 2.98. The highest BCUT2D eigenvalue weighted by molar-refractivity contribution is 6.33. The second kappa shape index (κ2) is 6.62. The van der Waals surface area contributed by atoms with Gasteiger partial charge in [-0.15, -0.1) is 0 Å². The standard InChI is InChI=1S/C10H15ClN2O/c1-14-7-3-2-5-13-10-4-6-12-8-9(10)11/h4,6,8H,2-3,5,7H2,1H3,(H,12,13). The van der Waals surface area contributed by atoms with Gasteiger partial charge in [-0.2, -0.15) is 0 Å². The van der Waals surface area contributed by atoms with Crippen LogP contribution >= 0.6 is 11.6 Å². The molecule has 0 atom stereocenters. The van der Waals surface area contributed by atoms with Crippen molar-refractivity contribution in [3.8, 4) is 0 Å². The SMILES string of the molecule is COCCCCNc1ccncc1Cl. The Hall–Kier alpha value is -0.800. The van der Waals surface area contributed by atoms with Crippen LogP contribution in [0.15, 0.2) is 18.5 Å². The Labute approximate surface area is 89.4 Å². The minimum absolute atomic E-state index is 0.666. The van der Waals surface area contributed by atoms with Gasteiger partial charge in [0.15, 0.2) is 0 Å². The number of aromatic nitrogens is 1. The van der Waals surface area contributed by atoms with Crippen molar-refractivity contribution < 1.29 is 4.74 Å². The summed E-state index contributed by atoms with van der Waals surface area (Å²) >= 11 is 5.91. The first-order valence-corrected chi connectivity index (χ1v) is 5.04. The lowest BCUT2D eigenvalue weighted by Gasteiger charge is -2.06. The molecule has 1 aromatic rings. The minimum atomic E-state index is 0.666. The Morgan fingerprint density at radius 3 is 3.07 bits per heavy atom. The molecule has 78 valence electrons. The van der Waals surface area contributed by atoms with Crippen molar-refractivity contribution in [3.05, 3.63) is 23.5 Å². The molecule has 0 radical (unpaired) electrons. The van der Waals surface area contributed by atoms with E-state index >= 15 is 0 Å². The Balaban J connectivity index is 2.21. The summed E-state index contributed by atoms with van der Waals surface area (Å²) in [5.41, 5.74) is 0.944. The molecule has 0 aliphatic carbocycles. The Morgan fingerprint density at radius 2 is 2.36 bits per heavy atom. The highest BCUT2D eigenvalue weighted by Gasteiger charge is 1.97. The van der Waals surface area contributed by atoms with Gasteiger partial charge in [-0.3, -0.25) is 4.98 Å². The van der Waals surface area contributed by atoms with Crippen molar-refractivity contribution in [2.75, 3.05) is 25.6 Å². The monoisotopic (exact) mass is 214 g/mol. The average Bonchev–Trinajstić information content (AvgIpc) is 2.20. The summed E-state index contributed by atoms with van der Waals surface area (Å²) in [6.07, 6.45) is 5.50. The zero-order valence-electron chi connectivity index (χ0n) is 8.29. The van der Waals surface area contributed by atoms with Crippen molar-refractivity contribution in [1.82, 2.24) is 4.98 Å². The van der Waals surface area contributed by atoms with Crippen molar-refractivity contribution >= 4 is 17.3 Å². The minimum Gasteiger partial charge on any atom is -0.385 e. The van der Waals surface area contributed by atoms with E-state index in [1.54, 1.807) is 19.5 Å². The molecule has 1 aromatic heterocycles. The summed E-state index contributed by atoms with van der Waals surface area (Å²) in [5.74, 6) is 0. The lowest BCUT2D eigenvalue weighted by Crippen LogP contribution is -2.03. The van der Waals surface area contributed by atoms with E-state index in [2.05, 4.69) is 10.3 Å². The first-order valence-electron chi connectivity index (χ1n) is 4.67. The third-order valence-corrected chi connectivity index (χ3v) is 2.16. The molecule has 0 saturated heterocycles. The highest BCUT2D eigenvalue weighted by Crippen LogP contribution is 2.18. The van der Waals surface area contributed by atoms with E-state index in [0.29, 0.717) is 5.02 Å². The molecular formula is C10H15ClN2O. The van der Waals surface area contributed by atoms with Gasteiger partial charge in [0.05, 0.1) is 10.7 Å². The summed E-state index contributed by atoms with van der Waals surface area (Å²) in [6.45, 7) is 1.72. The summed E-state index contributed by atoms with van der Waals surface area (Å²) in [6, 6.07) is 1.87. The van der Waals surface area contributed by atoms with E-state index < -0.39 is 0 Å². The topological polar surface area (TPSA) is 34.1 Å². The van der Waals surface area contributed by atoms with Gasteiger partial charge >= 0.3 is 0 Å². The van der Waals surface area contributed by atoms with Gasteiger partial charge in [-0.05, 0) is 18.9 Å². The molecule has 0 aromatic carbocycles. The van der Waals surface area contributed by atoms with E-state index in [9.17, 15) is 0 Å². The quantitative estimate of drug-likeness (QED) is 0.740. The number of unbranched alkanes of at least 4 members (excludes halogenated alkanes) is 1. The third kappa shape index (κ3) is 3.94. The largest absolute Gasteiger partial charge is 0.385 e. The predicted octanol–water partition coefficient (Wildman–Crippen LogP) is 2.57. The van der Waals surface area contributed by atoms with Gasteiger partial charge < -0.3 is 10.1 Å². The van der Waals surface area contributed by atoms with Crippen LogP contribution < -0.4 is 5.32 Å². The van der Waals surface area contributed by atoms with Crippen molar-refractivity contribution in [1.29, 1.82) is 0 Å². The van der Waals surface area contributed by atoms with Crippen LogP contribution in [0.5, 0.6) is 0 Å². The first-order chi connectivity index (χ1) is 6.84. The Morgan fingerprint density at radius 1 is 1.50 bits per heavy atom. The molecule has 1 heterocycles. The average molecular weight is 215 g/mol. The van der Waals surface area contributed by atoms with Crippen LogP contribution in [0.4, 0.5) is 5.69 Å². The lowest BCUT2D eigenvalue weighted by molar-refractivity contribution is 0.194. The predicted molar refractivity (Wildman–Crippen MR) is 58.8 cm³/mol. The van der Waals surface area contributed by atoms with Crippen molar-refractivity contribution in [2.24, 2.45) is 0 Å². The molecule has 0 aliphatic heterocycles. The van der Waals surface area contributed by atoms with E-state index in [-0.39, 0.29) is 0 Å². The van der Waals surface area contributed by atoms with Crippen LogP contribution in [0, 0.1) is 0 Å². The Bertz CT molecular complexity index is 268. The van der Waals surface area contributed by atoms with E-state index in [1.807, 2.05) is 6.07 Å². The summed E-state index contributed by atoms with van der Waals surface area (Å²) < 4.78 is 4.95. The molecule has 0 spiro atoms. The number of nitrogens with one attached hydrogen (secondary N) is 1. The fourth-order valence-corrected chi connectivity index (χ4v) is 1.30. The lowest BCUT2D eigenvalue weighted by atomic mass is 10.3. The molecule has 0 bridgehead atoms. The zero-order valence-corrected chi connectivity index (χ0v) is 9.05. The van der Waals surface area contributed by atoms with Gasteiger partial charge in [-0.25, -0.2) is 0 Å². The van der Waals surface area contributed by atoms with Gasteiger partial charge in [-0.1, -0.05) is 11.6 Å². The van der Waals surface area contributed by atoms with Crippen molar-refractivity contribution in [2.45, 2.75) is 12.8 Å². The number of methoxy groups -OCH3 is 1. The highest BCUT2D eigenvalue weighted by atomic mass is 35.5. The number of halogens is 1. The molecule has 0 amide bonds. The number of anilines is 1. The molecule has 14 heavy (non-hydrogen) atoms. The normalized spacial score (nSPS) is 10.1. The first kappa shape index (κ1) is 11.3. The maximum atomic E-state index is 5.91. The molecule has 0 unspecified atom stereocenters. The number of ether oxygens (including phenoxy) is 1. The zero-order chi connectivity index (χ0) is 10.2. The molecule has 3 nitrogen and oxygen atoms in total. The van der Waals surface area contributed by atoms with Crippen molar-refractivity contribution in [3.63, 3.8) is 0 Å². The summed E-state index contributed by atoms with van der Waals surface area (Å²) in [5, 5.41) is 3.91. The molecular weight excluding hydrogens is 200 g/mol. The van der Waals surface area contributed by atoms with Gasteiger partial charge in [0, 0.05) is 32.7 Å². The fraction of sp³-hybridized carbons (Fsp3) is 0.500. The molecule has 0 aliphatic rings. The molecule has 4 heteroatoms. The van der Waals surface area contributed by atoms with E-state index in [1.165, 1.54) is 0 Å². The number of nitrogens with zero attached hydrogens (tertiary/aromatic N) is 1. The van der Waals surface area contributed by atoms with Crippen LogP contribution in [-0.2, 0) is 4.74 Å². The second-order valence-corrected chi connectivity index (χ2v) is 3.39. The molecule has 1 N–H and O–H groups in total. The number of pyridine rings is 1. The van der Waals surface area contributed by atoms with Crippen LogP contribution in [-0.4, -0.2) is 25.2 Å². The smallest absolute Gasteiger partial charge is 0.0820 e. The van der Waals surface area contributed by atoms with Gasteiger partial charge in [0.2, 0.25) is 0 Å². The summed E-state index contributed by atoms with van der Waals surface area (Å²) in [7, 11) is 1.72. The maximum absolute atomic E-state index is 5.91. The molecule has 1 rings (SSSR count). The molecule has 0 saturated carbocycles. The fourth-order valence-electron chi connectivity index (χ4n) is 1.11. The number of hydrogen-bond acceptors (Lipinski definition) is 3. The van der Waals surface area contributed by atoms with E-state index in [4.69, 9.17) is 16.3 Å². The van der Waals surface area contributed by atoms with Crippen LogP contribution in [0.1, 0.15) is 12.8 Å². The number of rotatable bonds is 6. The van der Waals surface area contributed by atoms with Crippen LogP contribution in [0.25, 0.3) is 0 Å². The Kier molecular flexibility index (Phi) is 5.33. The molecule has 0 fully saturated rings.